The molecule has 0 aliphatic heterocycles. The van der Waals surface area contributed by atoms with Crippen molar-refractivity contribution < 1.29 is 26.5 Å². The van der Waals surface area contributed by atoms with E-state index >= 15 is 0 Å². The third kappa shape index (κ3) is 4.17. The van der Waals surface area contributed by atoms with Crippen molar-refractivity contribution in [2.45, 2.75) is 5.88 Å². The van der Waals surface area contributed by atoms with E-state index in [9.17, 15) is 4.79 Å². The van der Waals surface area contributed by atoms with Crippen LogP contribution < -0.4 is 17.0 Å². The molecule has 0 aliphatic rings. The molecule has 14 heavy (non-hydrogen) atoms. The van der Waals surface area contributed by atoms with Crippen molar-refractivity contribution in [1.29, 1.82) is 0 Å². The Morgan fingerprint density at radius 2 is 2.29 bits per heavy atom. The van der Waals surface area contributed by atoms with E-state index in [-0.39, 0.29) is 51.9 Å². The van der Waals surface area contributed by atoms with Gasteiger partial charge in [-0.3, -0.25) is 4.79 Å². The summed E-state index contributed by atoms with van der Waals surface area (Å²) in [7, 11) is 1.34. The Morgan fingerprint density at radius 1 is 1.64 bits per heavy atom. The van der Waals surface area contributed by atoms with Crippen LogP contribution in [0.1, 0.15) is 15.9 Å². The molecular weight excluding hydrogens is 280 g/mol. The summed E-state index contributed by atoms with van der Waals surface area (Å²) in [4.78, 5) is 11.1. The molecule has 0 spiro atoms. The molecule has 1 rings (SSSR count). The normalized spacial score (nSPS) is 8.14. The van der Waals surface area contributed by atoms with Gasteiger partial charge in [-0.25, -0.2) is 0 Å². The fourth-order valence-corrected chi connectivity index (χ4v) is 1.10. The van der Waals surface area contributed by atoms with Gasteiger partial charge in [-0.15, -0.1) is 17.2 Å². The van der Waals surface area contributed by atoms with Gasteiger partial charge in [0, 0.05) is 5.88 Å². The molecule has 0 fully saturated rings. The molecule has 0 radical (unpaired) electrons. The van der Waals surface area contributed by atoms with Crippen LogP contribution in [0, 0.1) is 6.07 Å². The number of esters is 1. The van der Waals surface area contributed by atoms with E-state index in [4.69, 9.17) is 11.6 Å². The van der Waals surface area contributed by atoms with Crippen LogP contribution in [0.5, 0.6) is 0 Å². The monoisotopic (exact) mass is 286 g/mol. The zero-order valence-corrected chi connectivity index (χ0v) is 11.5. The summed E-state index contributed by atoms with van der Waals surface area (Å²) < 4.78 is 4.56. The smallest absolute Gasteiger partial charge is 1.00 e. The van der Waals surface area contributed by atoms with Crippen molar-refractivity contribution in [2.24, 2.45) is 0 Å². The van der Waals surface area contributed by atoms with Crippen LogP contribution in [0.15, 0.2) is 18.2 Å². The summed E-state index contributed by atoms with van der Waals surface area (Å²) in [5, 5.41) is 0. The molecule has 0 heterocycles. The number of hydrogen-bond acceptors (Lipinski definition) is 2. The quantitative estimate of drug-likeness (QED) is 0.291. The molecular formula is C9H8BrClMgO2. The number of halogens is 2. The first-order chi connectivity index (χ1) is 5.79. The maximum atomic E-state index is 11.1. The van der Waals surface area contributed by atoms with Crippen LogP contribution in [0.3, 0.4) is 0 Å². The summed E-state index contributed by atoms with van der Waals surface area (Å²) in [6.45, 7) is 0. The Labute approximate surface area is 115 Å². The van der Waals surface area contributed by atoms with Gasteiger partial charge in [0.2, 0.25) is 0 Å². The van der Waals surface area contributed by atoms with Crippen molar-refractivity contribution in [3.05, 3.63) is 35.4 Å². The third-order valence-corrected chi connectivity index (χ3v) is 1.75. The Morgan fingerprint density at radius 3 is 2.79 bits per heavy atom. The third-order valence-electron chi connectivity index (χ3n) is 1.48. The number of alkyl halides is 1. The first kappa shape index (κ1) is 16.6. The van der Waals surface area contributed by atoms with Gasteiger partial charge in [-0.2, -0.15) is 24.3 Å². The van der Waals surface area contributed by atoms with Crippen LogP contribution in [-0.2, 0) is 10.6 Å². The van der Waals surface area contributed by atoms with Crippen LogP contribution in [0.25, 0.3) is 0 Å². The van der Waals surface area contributed by atoms with Gasteiger partial charge < -0.3 is 21.7 Å². The second-order valence-electron chi connectivity index (χ2n) is 2.19. The molecule has 0 saturated carbocycles. The van der Waals surface area contributed by atoms with E-state index < -0.39 is 0 Å². The van der Waals surface area contributed by atoms with Crippen molar-refractivity contribution in [1.82, 2.24) is 0 Å². The zero-order chi connectivity index (χ0) is 8.97. The molecule has 5 heteroatoms. The summed E-state index contributed by atoms with van der Waals surface area (Å²) in [6.07, 6.45) is 0. The summed E-state index contributed by atoms with van der Waals surface area (Å²) in [5.41, 5.74) is 1.15. The predicted octanol–water partition coefficient (Wildman–Crippen LogP) is -1.36. The maximum Gasteiger partial charge on any atom is 2.00 e. The van der Waals surface area contributed by atoms with E-state index in [1.165, 1.54) is 7.11 Å². The van der Waals surface area contributed by atoms with Crippen molar-refractivity contribution >= 4 is 40.6 Å². The Balaban J connectivity index is 0. The van der Waals surface area contributed by atoms with Gasteiger partial charge in [-0.05, 0) is 5.56 Å². The van der Waals surface area contributed by atoms with Gasteiger partial charge in [-0.1, -0.05) is 0 Å². The molecule has 0 amide bonds. The minimum absolute atomic E-state index is 0. The molecule has 0 aromatic heterocycles. The number of carbonyl (C=O) groups is 1. The molecule has 0 N–H and O–H groups in total. The zero-order valence-electron chi connectivity index (χ0n) is 7.72. The Bertz CT molecular complexity index is 294. The second-order valence-corrected chi connectivity index (χ2v) is 2.45. The molecule has 0 atom stereocenters. The first-order valence-electron chi connectivity index (χ1n) is 3.43. The van der Waals surface area contributed by atoms with Crippen LogP contribution >= 0.6 is 11.6 Å². The van der Waals surface area contributed by atoms with Gasteiger partial charge in [0.15, 0.2) is 0 Å². The maximum absolute atomic E-state index is 11.1. The summed E-state index contributed by atoms with van der Waals surface area (Å²) in [5.74, 6) is -0.104. The minimum Gasteiger partial charge on any atom is -1.00 e. The summed E-state index contributed by atoms with van der Waals surface area (Å²) in [6, 6.07) is 7.97. The summed E-state index contributed by atoms with van der Waals surface area (Å²) >= 11 is 5.59. The minimum atomic E-state index is -0.373. The van der Waals surface area contributed by atoms with E-state index in [0.29, 0.717) is 11.1 Å². The SMILES string of the molecule is COC(=O)c1ccc[c-]c1CCl.[Br-].[Mg+2]. The van der Waals surface area contributed by atoms with Gasteiger partial charge in [0.25, 0.3) is 5.97 Å². The predicted molar refractivity (Wildman–Crippen MR) is 51.9 cm³/mol. The van der Waals surface area contributed by atoms with Gasteiger partial charge >= 0.3 is 23.1 Å². The average molecular weight is 288 g/mol. The average Bonchev–Trinajstić information content (AvgIpc) is 2.16. The van der Waals surface area contributed by atoms with Crippen molar-refractivity contribution in [2.75, 3.05) is 7.11 Å². The molecule has 0 unspecified atom stereocenters. The molecule has 72 valence electrons. The molecule has 0 aliphatic carbocycles. The molecule has 1 aromatic rings. The van der Waals surface area contributed by atoms with E-state index in [2.05, 4.69) is 10.8 Å². The second kappa shape index (κ2) is 8.53. The number of benzene rings is 1. The fraction of sp³-hybridized carbons (Fsp3) is 0.222. The molecule has 0 saturated heterocycles. The number of rotatable bonds is 2. The topological polar surface area (TPSA) is 26.3 Å². The molecule has 2 nitrogen and oxygen atoms in total. The number of methoxy groups -OCH3 is 1. The Kier molecular flexibility index (Phi) is 10.1. The fourth-order valence-electron chi connectivity index (χ4n) is 0.883. The van der Waals surface area contributed by atoms with Gasteiger partial charge in [0.05, 0.1) is 7.11 Å². The van der Waals surface area contributed by atoms with E-state index in [0.717, 1.165) is 0 Å². The molecule has 1 aromatic carbocycles. The van der Waals surface area contributed by atoms with Crippen molar-refractivity contribution in [3.63, 3.8) is 0 Å². The standard InChI is InChI=1S/C9H8ClO2.BrH.Mg/c1-12-9(11)8-5-3-2-4-7(8)6-10;;/h2-3,5H,6H2,1H3;1H;/q-1;;+2/p-1. The van der Waals surface area contributed by atoms with Gasteiger partial charge in [0.1, 0.15) is 0 Å². The van der Waals surface area contributed by atoms with Crippen LogP contribution in [-0.4, -0.2) is 36.1 Å². The number of ether oxygens (including phenoxy) is 1. The van der Waals surface area contributed by atoms with Crippen LogP contribution in [0.4, 0.5) is 0 Å². The first-order valence-corrected chi connectivity index (χ1v) is 3.97. The molecule has 0 bridgehead atoms. The largest absolute Gasteiger partial charge is 2.00 e. The van der Waals surface area contributed by atoms with Crippen molar-refractivity contribution in [3.8, 4) is 0 Å². The van der Waals surface area contributed by atoms with E-state index in [1.54, 1.807) is 18.2 Å². The number of hydrogen-bond donors (Lipinski definition) is 0. The number of carbonyl (C=O) groups excluding carboxylic acids is 1. The van der Waals surface area contributed by atoms with Crippen LogP contribution in [0.2, 0.25) is 0 Å². The van der Waals surface area contributed by atoms with E-state index in [1.807, 2.05) is 0 Å². The Hall–Kier alpha value is 0.226.